The molecule has 181 valence electrons. The molecular weight excluding hydrogens is 512 g/mol. The fraction of sp³-hybridized carbons (Fsp3) is 0.0741. The van der Waals surface area contributed by atoms with Gasteiger partial charge in [0.25, 0.3) is 0 Å². The lowest BCUT2D eigenvalue weighted by molar-refractivity contribution is -0.274. The van der Waals surface area contributed by atoms with E-state index in [9.17, 15) is 18.0 Å². The topological polar surface area (TPSA) is 57.2 Å². The average Bonchev–Trinajstić information content (AvgIpc) is 3.12. The van der Waals surface area contributed by atoms with Gasteiger partial charge in [-0.05, 0) is 65.7 Å². The first-order valence-corrected chi connectivity index (χ1v) is 11.4. The Bertz CT molecular complexity index is 1630. The minimum Gasteiger partial charge on any atom is -0.406 e. The van der Waals surface area contributed by atoms with E-state index in [0.717, 1.165) is 27.7 Å². The Morgan fingerprint density at radius 1 is 1.00 bits per heavy atom. The average molecular weight is 528 g/mol. The van der Waals surface area contributed by atoms with Gasteiger partial charge in [0.15, 0.2) is 0 Å². The van der Waals surface area contributed by atoms with Crippen LogP contribution in [-0.2, 0) is 6.54 Å². The summed E-state index contributed by atoms with van der Waals surface area (Å²) in [6.07, 6.45) is -4.77. The maximum Gasteiger partial charge on any atom is 0.573 e. The molecule has 1 heterocycles. The van der Waals surface area contributed by atoms with Crippen LogP contribution in [0.3, 0.4) is 0 Å². The van der Waals surface area contributed by atoms with Crippen LogP contribution < -0.4 is 10.5 Å². The van der Waals surface area contributed by atoms with Crippen LogP contribution in [0.5, 0.6) is 5.75 Å². The summed E-state index contributed by atoms with van der Waals surface area (Å²) in [5.74, 6) is -0.885. The Kier molecular flexibility index (Phi) is 6.06. The number of rotatable bonds is 5. The molecule has 4 nitrogen and oxygen atoms in total. The number of ether oxygens (including phenoxy) is 1. The van der Waals surface area contributed by atoms with Crippen LogP contribution in [-0.4, -0.2) is 16.8 Å². The minimum atomic E-state index is -4.77. The number of carbonyl (C=O) groups excluding carboxylic acids is 1. The Labute approximate surface area is 213 Å². The van der Waals surface area contributed by atoms with Crippen molar-refractivity contribution >= 4 is 50.9 Å². The van der Waals surface area contributed by atoms with E-state index in [1.54, 1.807) is 48.5 Å². The molecule has 0 fully saturated rings. The standard InChI is InChI=1S/C27H16Cl2F3N2O2/c28-17-7-11-19(22(29)13-17)16-6-10-20-24(12-16)34(23-3-1-2-21(25(20)23)26(33)35)14-15-4-8-18(9-5-15)36-27(30,31)32/h1-9,11-13H,14H2,(H2,33,35). The second-order valence-corrected chi connectivity index (χ2v) is 8.96. The van der Waals surface area contributed by atoms with Gasteiger partial charge in [-0.3, -0.25) is 4.79 Å². The van der Waals surface area contributed by atoms with Crippen LogP contribution in [0.25, 0.3) is 32.9 Å². The Hall–Kier alpha value is -3.68. The van der Waals surface area contributed by atoms with Crippen LogP contribution in [0, 0.1) is 6.07 Å². The number of fused-ring (bicyclic) bond motifs is 3. The third-order valence-corrected chi connectivity index (χ3v) is 6.35. The molecule has 0 aliphatic carbocycles. The summed E-state index contributed by atoms with van der Waals surface area (Å²) in [6.45, 7) is 0.306. The van der Waals surface area contributed by atoms with Crippen LogP contribution in [0.1, 0.15) is 15.9 Å². The smallest absolute Gasteiger partial charge is 0.406 e. The summed E-state index contributed by atoms with van der Waals surface area (Å²) in [5, 5.41) is 2.30. The highest BCUT2D eigenvalue weighted by Crippen LogP contribution is 2.37. The van der Waals surface area contributed by atoms with Gasteiger partial charge in [-0.25, -0.2) is 0 Å². The van der Waals surface area contributed by atoms with Crippen molar-refractivity contribution in [1.29, 1.82) is 0 Å². The molecule has 2 N–H and O–H groups in total. The SMILES string of the molecule is NC(=O)c1cccc2c1c1[c]cc(-c3ccc(Cl)cc3Cl)cc1n2Cc1ccc(OC(F)(F)F)cc1. The number of hydrogen-bond donors (Lipinski definition) is 1. The summed E-state index contributed by atoms with van der Waals surface area (Å²) in [6, 6.07) is 23.0. The van der Waals surface area contributed by atoms with E-state index in [2.05, 4.69) is 10.8 Å². The summed E-state index contributed by atoms with van der Waals surface area (Å²) in [7, 11) is 0. The van der Waals surface area contributed by atoms with Crippen molar-refractivity contribution in [3.63, 3.8) is 0 Å². The molecule has 1 radical (unpaired) electrons. The van der Waals surface area contributed by atoms with Gasteiger partial charge in [0.2, 0.25) is 5.91 Å². The van der Waals surface area contributed by atoms with E-state index in [1.165, 1.54) is 12.1 Å². The number of aromatic nitrogens is 1. The number of halogens is 5. The molecule has 5 rings (SSSR count). The van der Waals surface area contributed by atoms with E-state index < -0.39 is 12.3 Å². The molecule has 0 unspecified atom stereocenters. The Morgan fingerprint density at radius 2 is 1.75 bits per heavy atom. The molecule has 5 aromatic rings. The van der Waals surface area contributed by atoms with E-state index >= 15 is 0 Å². The van der Waals surface area contributed by atoms with Crippen LogP contribution in [0.2, 0.25) is 10.0 Å². The fourth-order valence-electron chi connectivity index (χ4n) is 4.29. The zero-order valence-corrected chi connectivity index (χ0v) is 19.9. The van der Waals surface area contributed by atoms with Gasteiger partial charge in [-0.2, -0.15) is 0 Å². The number of nitrogens with two attached hydrogens (primary N) is 1. The third-order valence-electron chi connectivity index (χ3n) is 5.80. The highest BCUT2D eigenvalue weighted by atomic mass is 35.5. The predicted octanol–water partition coefficient (Wildman–Crippen LogP) is 7.61. The molecule has 0 aliphatic heterocycles. The number of hydrogen-bond acceptors (Lipinski definition) is 2. The van der Waals surface area contributed by atoms with Gasteiger partial charge >= 0.3 is 6.36 Å². The monoisotopic (exact) mass is 527 g/mol. The van der Waals surface area contributed by atoms with Crippen molar-refractivity contribution in [2.24, 2.45) is 5.73 Å². The molecule has 0 aliphatic rings. The van der Waals surface area contributed by atoms with Crippen molar-refractivity contribution in [3.05, 3.63) is 100 Å². The second kappa shape index (κ2) is 9.08. The molecule has 4 aromatic carbocycles. The third kappa shape index (κ3) is 4.59. The van der Waals surface area contributed by atoms with Gasteiger partial charge in [-0.1, -0.05) is 47.5 Å². The highest BCUT2D eigenvalue weighted by molar-refractivity contribution is 6.36. The van der Waals surface area contributed by atoms with Crippen molar-refractivity contribution in [2.45, 2.75) is 12.9 Å². The maximum atomic E-state index is 12.5. The lowest BCUT2D eigenvalue weighted by Crippen LogP contribution is -2.17. The summed E-state index contributed by atoms with van der Waals surface area (Å²) in [5.41, 5.74) is 9.74. The predicted molar refractivity (Wildman–Crippen MR) is 134 cm³/mol. The summed E-state index contributed by atoms with van der Waals surface area (Å²) in [4.78, 5) is 12.2. The van der Waals surface area contributed by atoms with E-state index in [1.807, 2.05) is 16.7 Å². The minimum absolute atomic E-state index is 0.306. The van der Waals surface area contributed by atoms with Crippen molar-refractivity contribution in [2.75, 3.05) is 0 Å². The fourth-order valence-corrected chi connectivity index (χ4v) is 4.81. The van der Waals surface area contributed by atoms with Gasteiger partial charge in [0.05, 0.1) is 11.0 Å². The molecular formula is C27H16Cl2F3N2O2. The van der Waals surface area contributed by atoms with E-state index in [-0.39, 0.29) is 5.75 Å². The van der Waals surface area contributed by atoms with Gasteiger partial charge in [0.1, 0.15) is 5.75 Å². The van der Waals surface area contributed by atoms with E-state index in [0.29, 0.717) is 32.9 Å². The molecule has 0 bridgehead atoms. The number of nitrogens with zero attached hydrogens (tertiary/aromatic N) is 1. The normalized spacial score (nSPS) is 11.8. The highest BCUT2D eigenvalue weighted by Gasteiger charge is 2.31. The number of primary amides is 1. The van der Waals surface area contributed by atoms with Crippen molar-refractivity contribution in [3.8, 4) is 16.9 Å². The van der Waals surface area contributed by atoms with Gasteiger partial charge < -0.3 is 15.0 Å². The van der Waals surface area contributed by atoms with Crippen molar-refractivity contribution < 1.29 is 22.7 Å². The lowest BCUT2D eigenvalue weighted by Gasteiger charge is -2.12. The van der Waals surface area contributed by atoms with Crippen LogP contribution in [0.15, 0.2) is 72.8 Å². The molecule has 1 aromatic heterocycles. The molecule has 0 saturated heterocycles. The Balaban J connectivity index is 1.68. The number of alkyl halides is 3. The van der Waals surface area contributed by atoms with Crippen molar-refractivity contribution in [1.82, 2.24) is 4.57 Å². The van der Waals surface area contributed by atoms with Gasteiger partial charge in [-0.15, -0.1) is 13.2 Å². The molecule has 0 spiro atoms. The first kappa shape index (κ1) is 24.0. The van der Waals surface area contributed by atoms with Gasteiger partial charge in [0, 0.05) is 38.5 Å². The van der Waals surface area contributed by atoms with Crippen LogP contribution in [0.4, 0.5) is 13.2 Å². The molecule has 9 heteroatoms. The van der Waals surface area contributed by atoms with Crippen LogP contribution >= 0.6 is 23.2 Å². The number of amides is 1. The zero-order chi connectivity index (χ0) is 25.6. The lowest BCUT2D eigenvalue weighted by atomic mass is 10.0. The molecule has 0 atom stereocenters. The summed E-state index contributed by atoms with van der Waals surface area (Å²) >= 11 is 12.5. The van der Waals surface area contributed by atoms with E-state index in [4.69, 9.17) is 28.9 Å². The zero-order valence-electron chi connectivity index (χ0n) is 18.4. The molecule has 1 amide bonds. The first-order valence-electron chi connectivity index (χ1n) is 10.7. The second-order valence-electron chi connectivity index (χ2n) is 8.11. The first-order chi connectivity index (χ1) is 17.1. The summed E-state index contributed by atoms with van der Waals surface area (Å²) < 4.78 is 43.6. The maximum absolute atomic E-state index is 12.5. The number of benzene rings is 4. The largest absolute Gasteiger partial charge is 0.573 e. The molecule has 0 saturated carbocycles. The Morgan fingerprint density at radius 3 is 2.42 bits per heavy atom. The number of carbonyl (C=O) groups is 1. The quantitative estimate of drug-likeness (QED) is 0.255. The molecule has 36 heavy (non-hydrogen) atoms.